The second-order valence-corrected chi connectivity index (χ2v) is 5.91. The van der Waals surface area contributed by atoms with Gasteiger partial charge in [0, 0.05) is 23.2 Å². The SMILES string of the molecule is CCCn1nccc1NC(=O)NC[C@@](C)(O)c1ccccc1Cl. The summed E-state index contributed by atoms with van der Waals surface area (Å²) >= 11 is 6.09. The van der Waals surface area contributed by atoms with Crippen LogP contribution in [-0.4, -0.2) is 27.5 Å². The third-order valence-electron chi connectivity index (χ3n) is 3.44. The Hall–Kier alpha value is -2.05. The first-order valence-electron chi connectivity index (χ1n) is 7.48. The fraction of sp³-hybridized carbons (Fsp3) is 0.375. The van der Waals surface area contributed by atoms with Crippen molar-refractivity contribution in [3.63, 3.8) is 0 Å². The molecule has 0 bridgehead atoms. The van der Waals surface area contributed by atoms with Gasteiger partial charge in [-0.2, -0.15) is 5.10 Å². The van der Waals surface area contributed by atoms with E-state index in [-0.39, 0.29) is 6.54 Å². The molecule has 1 atom stereocenters. The van der Waals surface area contributed by atoms with Crippen molar-refractivity contribution in [2.45, 2.75) is 32.4 Å². The lowest BCUT2D eigenvalue weighted by molar-refractivity contribution is 0.0600. The highest BCUT2D eigenvalue weighted by molar-refractivity contribution is 6.31. The number of rotatable bonds is 6. The Morgan fingerprint density at radius 2 is 2.13 bits per heavy atom. The number of nitrogens with one attached hydrogen (secondary N) is 2. The number of anilines is 1. The van der Waals surface area contributed by atoms with Crippen LogP contribution in [-0.2, 0) is 12.1 Å². The third-order valence-corrected chi connectivity index (χ3v) is 3.77. The van der Waals surface area contributed by atoms with E-state index in [2.05, 4.69) is 15.7 Å². The summed E-state index contributed by atoms with van der Waals surface area (Å²) in [6.45, 7) is 4.40. The van der Waals surface area contributed by atoms with Gasteiger partial charge in [0.25, 0.3) is 0 Å². The van der Waals surface area contributed by atoms with Crippen LogP contribution in [0.3, 0.4) is 0 Å². The molecule has 1 heterocycles. The molecule has 23 heavy (non-hydrogen) atoms. The zero-order valence-corrected chi connectivity index (χ0v) is 14.0. The molecule has 0 saturated heterocycles. The number of amides is 2. The van der Waals surface area contributed by atoms with Crippen molar-refractivity contribution < 1.29 is 9.90 Å². The van der Waals surface area contributed by atoms with Crippen LogP contribution in [0.1, 0.15) is 25.8 Å². The molecule has 0 fully saturated rings. The molecule has 0 spiro atoms. The van der Waals surface area contributed by atoms with Crippen molar-refractivity contribution in [3.8, 4) is 0 Å². The molecule has 0 aliphatic heterocycles. The molecular formula is C16H21ClN4O2. The molecule has 6 nitrogen and oxygen atoms in total. The zero-order chi connectivity index (χ0) is 16.9. The molecular weight excluding hydrogens is 316 g/mol. The first kappa shape index (κ1) is 17.3. The lowest BCUT2D eigenvalue weighted by Gasteiger charge is -2.25. The van der Waals surface area contributed by atoms with Crippen molar-refractivity contribution in [1.29, 1.82) is 0 Å². The molecule has 2 aromatic rings. The number of halogens is 1. The second-order valence-electron chi connectivity index (χ2n) is 5.50. The molecule has 0 unspecified atom stereocenters. The van der Waals surface area contributed by atoms with E-state index in [1.54, 1.807) is 48.1 Å². The first-order chi connectivity index (χ1) is 10.9. The molecule has 7 heteroatoms. The van der Waals surface area contributed by atoms with Crippen LogP contribution < -0.4 is 10.6 Å². The third kappa shape index (κ3) is 4.46. The van der Waals surface area contributed by atoms with E-state index in [0.717, 1.165) is 13.0 Å². The van der Waals surface area contributed by atoms with E-state index < -0.39 is 11.6 Å². The van der Waals surface area contributed by atoms with Crippen molar-refractivity contribution in [2.75, 3.05) is 11.9 Å². The van der Waals surface area contributed by atoms with Gasteiger partial charge in [0.2, 0.25) is 0 Å². The maximum atomic E-state index is 12.0. The maximum absolute atomic E-state index is 12.0. The summed E-state index contributed by atoms with van der Waals surface area (Å²) in [5, 5.41) is 20.5. The van der Waals surface area contributed by atoms with Crippen molar-refractivity contribution in [3.05, 3.63) is 47.1 Å². The molecule has 0 radical (unpaired) electrons. The molecule has 2 rings (SSSR count). The topological polar surface area (TPSA) is 79.2 Å². The minimum Gasteiger partial charge on any atom is -0.384 e. The average molecular weight is 337 g/mol. The molecule has 0 aliphatic carbocycles. The smallest absolute Gasteiger partial charge is 0.320 e. The van der Waals surface area contributed by atoms with Crippen LogP contribution in [0.5, 0.6) is 0 Å². The molecule has 1 aromatic carbocycles. The zero-order valence-electron chi connectivity index (χ0n) is 13.2. The highest BCUT2D eigenvalue weighted by Crippen LogP contribution is 2.27. The lowest BCUT2D eigenvalue weighted by atomic mass is 9.96. The van der Waals surface area contributed by atoms with Gasteiger partial charge in [0.15, 0.2) is 0 Å². The fourth-order valence-electron chi connectivity index (χ4n) is 2.23. The standard InChI is InChI=1S/C16H21ClN4O2/c1-3-10-21-14(8-9-19-21)20-15(22)18-11-16(2,23)12-6-4-5-7-13(12)17/h4-9,23H,3,10-11H2,1-2H3,(H2,18,20,22)/t16-/m1/s1. The largest absolute Gasteiger partial charge is 0.384 e. The number of hydrogen-bond acceptors (Lipinski definition) is 3. The predicted octanol–water partition coefficient (Wildman–Crippen LogP) is 2.98. The molecule has 0 aliphatic rings. The maximum Gasteiger partial charge on any atom is 0.320 e. The number of carbonyl (C=O) groups is 1. The minimum absolute atomic E-state index is 0.0322. The molecule has 2 amide bonds. The van der Waals surface area contributed by atoms with Gasteiger partial charge in [-0.25, -0.2) is 9.48 Å². The summed E-state index contributed by atoms with van der Waals surface area (Å²) in [6.07, 6.45) is 2.55. The Balaban J connectivity index is 1.96. The Morgan fingerprint density at radius 3 is 2.83 bits per heavy atom. The van der Waals surface area contributed by atoms with Gasteiger partial charge in [0.1, 0.15) is 11.4 Å². The van der Waals surface area contributed by atoms with Gasteiger partial charge in [-0.3, -0.25) is 5.32 Å². The normalized spacial score (nSPS) is 13.4. The van der Waals surface area contributed by atoms with Gasteiger partial charge in [-0.05, 0) is 19.4 Å². The van der Waals surface area contributed by atoms with Gasteiger partial charge in [-0.1, -0.05) is 36.7 Å². The Labute approximate surface area is 140 Å². The number of nitrogens with zero attached hydrogens (tertiary/aromatic N) is 2. The number of carbonyl (C=O) groups excluding carboxylic acids is 1. The Kier molecular flexibility index (Phi) is 5.63. The van der Waals surface area contributed by atoms with E-state index in [1.165, 1.54) is 0 Å². The van der Waals surface area contributed by atoms with Crippen LogP contribution in [0, 0.1) is 0 Å². The fourth-order valence-corrected chi connectivity index (χ4v) is 2.57. The summed E-state index contributed by atoms with van der Waals surface area (Å²) in [5.74, 6) is 0.613. The van der Waals surface area contributed by atoms with E-state index in [0.29, 0.717) is 16.4 Å². The van der Waals surface area contributed by atoms with Gasteiger partial charge in [-0.15, -0.1) is 0 Å². The van der Waals surface area contributed by atoms with E-state index in [9.17, 15) is 9.90 Å². The van der Waals surface area contributed by atoms with Gasteiger partial charge in [0.05, 0.1) is 12.7 Å². The molecule has 1 aromatic heterocycles. The minimum atomic E-state index is -1.26. The van der Waals surface area contributed by atoms with Crippen LogP contribution >= 0.6 is 11.6 Å². The summed E-state index contributed by atoms with van der Waals surface area (Å²) < 4.78 is 1.71. The van der Waals surface area contributed by atoms with Gasteiger partial charge >= 0.3 is 6.03 Å². The molecule has 3 N–H and O–H groups in total. The number of urea groups is 1. The second kappa shape index (κ2) is 7.48. The number of aromatic nitrogens is 2. The van der Waals surface area contributed by atoms with Crippen molar-refractivity contribution in [1.82, 2.24) is 15.1 Å². The number of hydrogen-bond donors (Lipinski definition) is 3. The van der Waals surface area contributed by atoms with Crippen LogP contribution in [0.4, 0.5) is 10.6 Å². The number of aliphatic hydroxyl groups is 1. The molecule has 0 saturated carbocycles. The lowest BCUT2D eigenvalue weighted by Crippen LogP contribution is -2.41. The van der Waals surface area contributed by atoms with Gasteiger partial charge < -0.3 is 10.4 Å². The van der Waals surface area contributed by atoms with E-state index in [1.807, 2.05) is 6.92 Å². The summed E-state index contributed by atoms with van der Waals surface area (Å²) in [6, 6.07) is 8.33. The highest BCUT2D eigenvalue weighted by atomic mass is 35.5. The molecule has 124 valence electrons. The predicted molar refractivity (Wildman–Crippen MR) is 90.6 cm³/mol. The van der Waals surface area contributed by atoms with Crippen molar-refractivity contribution in [2.24, 2.45) is 0 Å². The van der Waals surface area contributed by atoms with Crippen LogP contribution in [0.25, 0.3) is 0 Å². The highest BCUT2D eigenvalue weighted by Gasteiger charge is 2.26. The Bertz CT molecular complexity index is 670. The quantitative estimate of drug-likeness (QED) is 0.758. The first-order valence-corrected chi connectivity index (χ1v) is 7.86. The van der Waals surface area contributed by atoms with Crippen LogP contribution in [0.15, 0.2) is 36.5 Å². The monoisotopic (exact) mass is 336 g/mol. The summed E-state index contributed by atoms with van der Waals surface area (Å²) in [7, 11) is 0. The Morgan fingerprint density at radius 1 is 1.39 bits per heavy atom. The van der Waals surface area contributed by atoms with E-state index >= 15 is 0 Å². The number of aryl methyl sites for hydroxylation is 1. The summed E-state index contributed by atoms with van der Waals surface area (Å²) in [4.78, 5) is 12.0. The van der Waals surface area contributed by atoms with E-state index in [4.69, 9.17) is 11.6 Å². The summed E-state index contributed by atoms with van der Waals surface area (Å²) in [5.41, 5.74) is -0.697. The number of benzene rings is 1. The average Bonchev–Trinajstić information content (AvgIpc) is 2.93. The van der Waals surface area contributed by atoms with Crippen LogP contribution in [0.2, 0.25) is 5.02 Å². The van der Waals surface area contributed by atoms with Crippen molar-refractivity contribution >= 4 is 23.4 Å².